The molecule has 2 nitrogen and oxygen atoms in total. The van der Waals surface area contributed by atoms with Gasteiger partial charge < -0.3 is 10.4 Å². The number of nitrogens with one attached hydrogen (secondary N) is 1. The van der Waals surface area contributed by atoms with E-state index >= 15 is 0 Å². The van der Waals surface area contributed by atoms with Crippen molar-refractivity contribution in [2.24, 2.45) is 17.8 Å². The minimum atomic E-state index is 0.353. The van der Waals surface area contributed by atoms with Crippen LogP contribution in [0.2, 0.25) is 0 Å². The lowest BCUT2D eigenvalue weighted by atomic mass is 9.87. The predicted octanol–water partition coefficient (Wildman–Crippen LogP) is 4.56. The zero-order valence-electron chi connectivity index (χ0n) is 12.3. The molecule has 2 aliphatic carbocycles. The zero-order valence-corrected chi connectivity index (χ0v) is 12.3. The Labute approximate surface area is 125 Å². The van der Waals surface area contributed by atoms with E-state index in [0.717, 1.165) is 34.2 Å². The summed E-state index contributed by atoms with van der Waals surface area (Å²) in [4.78, 5) is 0. The van der Waals surface area contributed by atoms with E-state index in [1.54, 1.807) is 6.07 Å². The van der Waals surface area contributed by atoms with Gasteiger partial charge in [-0.25, -0.2) is 0 Å². The van der Waals surface area contributed by atoms with Crippen LogP contribution in [-0.2, 0) is 0 Å². The number of anilines is 1. The largest absolute Gasteiger partial charge is 0.507 e. The lowest BCUT2D eigenvalue weighted by Gasteiger charge is -2.27. The first-order valence-electron chi connectivity index (χ1n) is 7.88. The van der Waals surface area contributed by atoms with Gasteiger partial charge in [-0.2, -0.15) is 0 Å². The molecule has 0 spiro atoms. The Bertz CT molecular complexity index is 706. The van der Waals surface area contributed by atoms with Crippen LogP contribution >= 0.6 is 0 Å². The van der Waals surface area contributed by atoms with Crippen molar-refractivity contribution in [3.8, 4) is 5.75 Å². The minimum Gasteiger partial charge on any atom is -0.507 e. The number of allylic oxidation sites excluding steroid dienone is 2. The summed E-state index contributed by atoms with van der Waals surface area (Å²) in [7, 11) is 0. The molecule has 1 fully saturated rings. The van der Waals surface area contributed by atoms with E-state index in [4.69, 9.17) is 0 Å². The molecule has 2 aliphatic rings. The van der Waals surface area contributed by atoms with Crippen molar-refractivity contribution in [3.05, 3.63) is 48.6 Å². The molecule has 2 aromatic rings. The van der Waals surface area contributed by atoms with E-state index in [2.05, 4.69) is 36.5 Å². The summed E-state index contributed by atoms with van der Waals surface area (Å²) in [5.41, 5.74) is 1.13. The van der Waals surface area contributed by atoms with E-state index in [0.29, 0.717) is 11.8 Å². The first kappa shape index (κ1) is 12.8. The average molecular weight is 279 g/mol. The highest BCUT2D eigenvalue weighted by molar-refractivity contribution is 5.97. The second-order valence-electron chi connectivity index (χ2n) is 6.55. The van der Waals surface area contributed by atoms with Gasteiger partial charge in [0.1, 0.15) is 5.75 Å². The van der Waals surface area contributed by atoms with E-state index < -0.39 is 0 Å². The van der Waals surface area contributed by atoms with Crippen molar-refractivity contribution < 1.29 is 5.11 Å². The Morgan fingerprint density at radius 1 is 1.05 bits per heavy atom. The van der Waals surface area contributed by atoms with Crippen LogP contribution in [0.1, 0.15) is 19.8 Å². The topological polar surface area (TPSA) is 32.3 Å². The fourth-order valence-electron chi connectivity index (χ4n) is 4.17. The van der Waals surface area contributed by atoms with Crippen molar-refractivity contribution in [2.45, 2.75) is 25.8 Å². The van der Waals surface area contributed by atoms with Crippen molar-refractivity contribution in [3.63, 3.8) is 0 Å². The maximum Gasteiger partial charge on any atom is 0.123 e. The number of phenolic OH excluding ortho intramolecular Hbond substituents is 1. The maximum atomic E-state index is 9.99. The van der Waals surface area contributed by atoms with Crippen LogP contribution in [0.3, 0.4) is 0 Å². The molecule has 2 aromatic carbocycles. The van der Waals surface area contributed by atoms with Crippen LogP contribution in [0.4, 0.5) is 5.69 Å². The van der Waals surface area contributed by atoms with Crippen LogP contribution in [-0.4, -0.2) is 11.1 Å². The average Bonchev–Trinajstić information content (AvgIpc) is 3.11. The molecule has 0 aromatic heterocycles. The molecule has 2 N–H and O–H groups in total. The first-order chi connectivity index (χ1) is 10.2. The summed E-state index contributed by atoms with van der Waals surface area (Å²) in [5, 5.41) is 15.7. The third kappa shape index (κ3) is 2.10. The smallest absolute Gasteiger partial charge is 0.123 e. The molecule has 2 heteroatoms. The number of phenols is 1. The van der Waals surface area contributed by atoms with Crippen LogP contribution < -0.4 is 5.32 Å². The van der Waals surface area contributed by atoms with E-state index in [1.165, 1.54) is 12.8 Å². The van der Waals surface area contributed by atoms with Gasteiger partial charge in [0.05, 0.1) is 0 Å². The van der Waals surface area contributed by atoms with E-state index in [1.807, 2.05) is 18.2 Å². The molecule has 0 radical (unpaired) electrons. The van der Waals surface area contributed by atoms with Gasteiger partial charge in [-0.1, -0.05) is 36.4 Å². The third-order valence-corrected chi connectivity index (χ3v) is 5.25. The van der Waals surface area contributed by atoms with Gasteiger partial charge in [0.2, 0.25) is 0 Å². The van der Waals surface area contributed by atoms with Crippen LogP contribution in [0.15, 0.2) is 48.6 Å². The normalized spacial score (nSPS) is 28.1. The summed E-state index contributed by atoms with van der Waals surface area (Å²) in [6.07, 6.45) is 7.45. The van der Waals surface area contributed by atoms with Gasteiger partial charge >= 0.3 is 0 Å². The Kier molecular flexibility index (Phi) is 2.91. The summed E-state index contributed by atoms with van der Waals surface area (Å²) in [6, 6.07) is 12.3. The summed E-state index contributed by atoms with van der Waals surface area (Å²) >= 11 is 0. The fourth-order valence-corrected chi connectivity index (χ4v) is 4.17. The first-order valence-corrected chi connectivity index (χ1v) is 7.88. The maximum absolute atomic E-state index is 9.99. The second kappa shape index (κ2) is 4.80. The van der Waals surface area contributed by atoms with Gasteiger partial charge in [-0.15, -0.1) is 0 Å². The highest BCUT2D eigenvalue weighted by Gasteiger charge is 2.38. The molecular formula is C19H21NO. The number of benzene rings is 2. The van der Waals surface area contributed by atoms with Crippen LogP contribution in [0, 0.1) is 17.8 Å². The minimum absolute atomic E-state index is 0.353. The van der Waals surface area contributed by atoms with Gasteiger partial charge in [0, 0.05) is 22.5 Å². The van der Waals surface area contributed by atoms with Gasteiger partial charge in [-0.3, -0.25) is 0 Å². The van der Waals surface area contributed by atoms with E-state index in [-0.39, 0.29) is 0 Å². The van der Waals surface area contributed by atoms with Crippen molar-refractivity contribution in [1.29, 1.82) is 0 Å². The predicted molar refractivity (Wildman–Crippen MR) is 87.5 cm³/mol. The summed E-state index contributed by atoms with van der Waals surface area (Å²) in [5.74, 6) is 2.64. The van der Waals surface area contributed by atoms with Crippen molar-refractivity contribution >= 4 is 16.5 Å². The molecule has 4 unspecified atom stereocenters. The van der Waals surface area contributed by atoms with Crippen LogP contribution in [0.5, 0.6) is 5.75 Å². The third-order valence-electron chi connectivity index (χ3n) is 5.25. The van der Waals surface area contributed by atoms with Gasteiger partial charge in [0.25, 0.3) is 0 Å². The molecule has 2 bridgehead atoms. The SMILES string of the molecule is CC(Nc1cccc2c(O)cccc12)C1CC2C=CC1C2. The highest BCUT2D eigenvalue weighted by Crippen LogP contribution is 2.45. The Morgan fingerprint density at radius 3 is 2.62 bits per heavy atom. The highest BCUT2D eigenvalue weighted by atomic mass is 16.3. The second-order valence-corrected chi connectivity index (χ2v) is 6.55. The fraction of sp³-hybridized carbons (Fsp3) is 0.368. The number of aromatic hydroxyl groups is 1. The molecule has 0 aliphatic heterocycles. The summed E-state index contributed by atoms with van der Waals surface area (Å²) in [6.45, 7) is 2.29. The lowest BCUT2D eigenvalue weighted by molar-refractivity contribution is 0.400. The standard InChI is InChI=1S/C19H21NO/c1-12(17-11-13-8-9-14(17)10-13)20-18-6-2-5-16-15(18)4-3-7-19(16)21/h2-9,12-14,17,20-21H,10-11H2,1H3. The Morgan fingerprint density at radius 2 is 1.86 bits per heavy atom. The molecule has 0 amide bonds. The Hall–Kier alpha value is -1.96. The molecular weight excluding hydrogens is 258 g/mol. The van der Waals surface area contributed by atoms with Gasteiger partial charge in [-0.05, 0) is 49.7 Å². The van der Waals surface area contributed by atoms with Crippen molar-refractivity contribution in [2.75, 3.05) is 5.32 Å². The number of hydrogen-bond acceptors (Lipinski definition) is 2. The van der Waals surface area contributed by atoms with Crippen LogP contribution in [0.25, 0.3) is 10.8 Å². The number of rotatable bonds is 3. The zero-order chi connectivity index (χ0) is 14.4. The Balaban J connectivity index is 1.62. The molecule has 4 rings (SSSR count). The number of fused-ring (bicyclic) bond motifs is 3. The summed E-state index contributed by atoms with van der Waals surface area (Å²) < 4.78 is 0. The molecule has 0 heterocycles. The molecule has 4 atom stereocenters. The molecule has 1 saturated carbocycles. The van der Waals surface area contributed by atoms with Gasteiger partial charge in [0.15, 0.2) is 0 Å². The molecule has 0 saturated heterocycles. The molecule has 21 heavy (non-hydrogen) atoms. The monoisotopic (exact) mass is 279 g/mol. The molecule has 108 valence electrons. The quantitative estimate of drug-likeness (QED) is 0.807. The number of hydrogen-bond donors (Lipinski definition) is 2. The van der Waals surface area contributed by atoms with E-state index in [9.17, 15) is 5.11 Å². The lowest BCUT2D eigenvalue weighted by Crippen LogP contribution is -2.28. The van der Waals surface area contributed by atoms with Crippen molar-refractivity contribution in [1.82, 2.24) is 0 Å².